The van der Waals surface area contributed by atoms with E-state index in [-0.39, 0.29) is 0 Å². The molecule has 0 radical (unpaired) electrons. The van der Waals surface area contributed by atoms with E-state index in [1.54, 1.807) is 11.3 Å². The summed E-state index contributed by atoms with van der Waals surface area (Å²) < 4.78 is 11.6. The SMILES string of the molecule is c1csc(-c2nc(CN3CCO[C@H]4CCCC[C@@H]43)co2)c1. The molecule has 0 spiro atoms. The van der Waals surface area contributed by atoms with E-state index in [1.165, 1.54) is 25.7 Å². The first-order valence-electron chi connectivity index (χ1n) is 7.74. The molecule has 3 heterocycles. The first-order chi connectivity index (χ1) is 10.4. The summed E-state index contributed by atoms with van der Waals surface area (Å²) in [6.45, 7) is 2.72. The molecule has 1 saturated carbocycles. The predicted molar refractivity (Wildman–Crippen MR) is 82.2 cm³/mol. The topological polar surface area (TPSA) is 38.5 Å². The molecule has 1 saturated heterocycles. The van der Waals surface area contributed by atoms with Crippen LogP contribution in [0.1, 0.15) is 31.4 Å². The number of hydrogen-bond donors (Lipinski definition) is 0. The van der Waals surface area contributed by atoms with Crippen molar-refractivity contribution >= 4 is 11.3 Å². The highest BCUT2D eigenvalue weighted by atomic mass is 32.1. The molecule has 0 amide bonds. The molecule has 1 aliphatic heterocycles. The van der Waals surface area contributed by atoms with Crippen molar-refractivity contribution in [3.63, 3.8) is 0 Å². The number of morpholine rings is 1. The van der Waals surface area contributed by atoms with Crippen molar-refractivity contribution in [2.75, 3.05) is 13.2 Å². The van der Waals surface area contributed by atoms with Crippen molar-refractivity contribution < 1.29 is 9.15 Å². The van der Waals surface area contributed by atoms with E-state index in [9.17, 15) is 0 Å². The lowest BCUT2D eigenvalue weighted by molar-refractivity contribution is -0.0914. The first kappa shape index (κ1) is 13.5. The van der Waals surface area contributed by atoms with Crippen molar-refractivity contribution in [3.8, 4) is 10.8 Å². The van der Waals surface area contributed by atoms with Gasteiger partial charge in [0.05, 0.1) is 23.3 Å². The van der Waals surface area contributed by atoms with Gasteiger partial charge < -0.3 is 9.15 Å². The van der Waals surface area contributed by atoms with Gasteiger partial charge in [-0.1, -0.05) is 18.9 Å². The molecule has 2 atom stereocenters. The number of rotatable bonds is 3. The Bertz CT molecular complexity index is 579. The summed E-state index contributed by atoms with van der Waals surface area (Å²) in [7, 11) is 0. The van der Waals surface area contributed by atoms with E-state index in [1.807, 2.05) is 23.8 Å². The maximum absolute atomic E-state index is 5.93. The maximum Gasteiger partial charge on any atom is 0.236 e. The van der Waals surface area contributed by atoms with Gasteiger partial charge in [-0.25, -0.2) is 4.98 Å². The third-order valence-electron chi connectivity index (χ3n) is 4.50. The van der Waals surface area contributed by atoms with E-state index < -0.39 is 0 Å². The van der Waals surface area contributed by atoms with E-state index in [0.29, 0.717) is 12.1 Å². The first-order valence-corrected chi connectivity index (χ1v) is 8.62. The van der Waals surface area contributed by atoms with E-state index >= 15 is 0 Å². The van der Waals surface area contributed by atoms with Gasteiger partial charge >= 0.3 is 0 Å². The van der Waals surface area contributed by atoms with Gasteiger partial charge in [0, 0.05) is 19.1 Å². The number of aromatic nitrogens is 1. The normalized spacial score (nSPS) is 26.7. The highest BCUT2D eigenvalue weighted by molar-refractivity contribution is 7.13. The van der Waals surface area contributed by atoms with Gasteiger partial charge in [0.25, 0.3) is 0 Å². The Hall–Kier alpha value is -1.17. The molecule has 0 unspecified atom stereocenters. The Morgan fingerprint density at radius 1 is 1.33 bits per heavy atom. The minimum atomic E-state index is 0.427. The van der Waals surface area contributed by atoms with Gasteiger partial charge in [0.15, 0.2) is 0 Å². The lowest BCUT2D eigenvalue weighted by atomic mass is 9.90. The summed E-state index contributed by atoms with van der Waals surface area (Å²) in [6.07, 6.45) is 7.32. The predicted octanol–water partition coefficient (Wildman–Crippen LogP) is 3.55. The molecule has 2 aromatic heterocycles. The molecule has 112 valence electrons. The van der Waals surface area contributed by atoms with Crippen LogP contribution in [-0.4, -0.2) is 35.2 Å². The quantitative estimate of drug-likeness (QED) is 0.869. The van der Waals surface area contributed by atoms with Gasteiger partial charge in [0.2, 0.25) is 5.89 Å². The summed E-state index contributed by atoms with van der Waals surface area (Å²) in [5.74, 6) is 0.744. The van der Waals surface area contributed by atoms with Crippen LogP contribution < -0.4 is 0 Å². The van der Waals surface area contributed by atoms with E-state index in [2.05, 4.69) is 9.88 Å². The molecular weight excluding hydrogens is 284 g/mol. The zero-order valence-electron chi connectivity index (χ0n) is 12.0. The molecule has 2 fully saturated rings. The van der Waals surface area contributed by atoms with Gasteiger partial charge in [-0.05, 0) is 24.3 Å². The van der Waals surface area contributed by atoms with Crippen molar-refractivity contribution in [2.24, 2.45) is 0 Å². The zero-order valence-corrected chi connectivity index (χ0v) is 12.8. The molecule has 1 aliphatic carbocycles. The van der Waals surface area contributed by atoms with Crippen molar-refractivity contribution in [2.45, 2.75) is 44.4 Å². The Kier molecular flexibility index (Phi) is 3.80. The van der Waals surface area contributed by atoms with Crippen LogP contribution in [0.3, 0.4) is 0 Å². The molecule has 2 aliphatic rings. The van der Waals surface area contributed by atoms with Crippen LogP contribution in [0, 0.1) is 0 Å². The largest absolute Gasteiger partial charge is 0.444 e. The Labute approximate surface area is 128 Å². The standard InChI is InChI=1S/C16H20N2O2S/c1-2-5-14-13(4-1)18(7-8-19-14)10-12-11-20-16(17-12)15-6-3-9-21-15/h3,6,9,11,13-14H,1-2,4-5,7-8,10H2/t13-,14-/m0/s1. The van der Waals surface area contributed by atoms with Gasteiger partial charge in [-0.15, -0.1) is 11.3 Å². The Balaban J connectivity index is 1.47. The van der Waals surface area contributed by atoms with Gasteiger partial charge in [-0.2, -0.15) is 0 Å². The summed E-state index contributed by atoms with van der Waals surface area (Å²) in [5, 5.41) is 2.05. The van der Waals surface area contributed by atoms with Crippen LogP contribution in [0.5, 0.6) is 0 Å². The van der Waals surface area contributed by atoms with Crippen molar-refractivity contribution in [1.29, 1.82) is 0 Å². The van der Waals surface area contributed by atoms with Gasteiger partial charge in [-0.3, -0.25) is 4.90 Å². The molecule has 0 N–H and O–H groups in total. The fraction of sp³-hybridized carbons (Fsp3) is 0.562. The third-order valence-corrected chi connectivity index (χ3v) is 5.35. The molecule has 0 bridgehead atoms. The second kappa shape index (κ2) is 5.91. The fourth-order valence-corrected chi connectivity index (χ4v) is 4.13. The minimum Gasteiger partial charge on any atom is -0.444 e. The lowest BCUT2D eigenvalue weighted by Crippen LogP contribution is -2.52. The van der Waals surface area contributed by atoms with E-state index in [4.69, 9.17) is 9.15 Å². The van der Waals surface area contributed by atoms with Crippen LogP contribution in [0.2, 0.25) is 0 Å². The number of hydrogen-bond acceptors (Lipinski definition) is 5. The Morgan fingerprint density at radius 3 is 3.19 bits per heavy atom. The smallest absolute Gasteiger partial charge is 0.236 e. The average molecular weight is 304 g/mol. The monoisotopic (exact) mass is 304 g/mol. The summed E-state index contributed by atoms with van der Waals surface area (Å²) in [6, 6.07) is 4.64. The summed E-state index contributed by atoms with van der Waals surface area (Å²) >= 11 is 1.66. The highest BCUT2D eigenvalue weighted by Crippen LogP contribution is 2.30. The molecule has 2 aromatic rings. The number of thiophene rings is 1. The van der Waals surface area contributed by atoms with Crippen LogP contribution in [-0.2, 0) is 11.3 Å². The maximum atomic E-state index is 5.93. The number of ether oxygens (including phenoxy) is 1. The average Bonchev–Trinajstić information content (AvgIpc) is 3.18. The van der Waals surface area contributed by atoms with Crippen molar-refractivity contribution in [3.05, 3.63) is 29.5 Å². The number of nitrogens with zero attached hydrogens (tertiary/aromatic N) is 2. The molecular formula is C16H20N2O2S. The summed E-state index contributed by atoms with van der Waals surface area (Å²) in [4.78, 5) is 8.27. The molecule has 4 nitrogen and oxygen atoms in total. The lowest BCUT2D eigenvalue weighted by Gasteiger charge is -2.43. The third kappa shape index (κ3) is 2.78. The number of fused-ring (bicyclic) bond motifs is 1. The molecule has 4 rings (SSSR count). The van der Waals surface area contributed by atoms with Crippen LogP contribution >= 0.6 is 11.3 Å². The molecule has 21 heavy (non-hydrogen) atoms. The van der Waals surface area contributed by atoms with E-state index in [0.717, 1.165) is 36.2 Å². The van der Waals surface area contributed by atoms with Gasteiger partial charge in [0.1, 0.15) is 6.26 Å². The Morgan fingerprint density at radius 2 is 2.29 bits per heavy atom. The molecule has 5 heteroatoms. The highest BCUT2D eigenvalue weighted by Gasteiger charge is 2.34. The minimum absolute atomic E-state index is 0.427. The second-order valence-electron chi connectivity index (χ2n) is 5.85. The van der Waals surface area contributed by atoms with Crippen molar-refractivity contribution in [1.82, 2.24) is 9.88 Å². The zero-order chi connectivity index (χ0) is 14.1. The van der Waals surface area contributed by atoms with Crippen LogP contribution in [0.15, 0.2) is 28.2 Å². The van der Waals surface area contributed by atoms with Crippen LogP contribution in [0.4, 0.5) is 0 Å². The molecule has 0 aromatic carbocycles. The summed E-state index contributed by atoms with van der Waals surface area (Å²) in [5.41, 5.74) is 1.03. The number of oxazole rings is 1. The fourth-order valence-electron chi connectivity index (χ4n) is 3.47. The van der Waals surface area contributed by atoms with Crippen LogP contribution in [0.25, 0.3) is 10.8 Å². The second-order valence-corrected chi connectivity index (χ2v) is 6.80.